The van der Waals surface area contributed by atoms with E-state index >= 15 is 0 Å². The molecule has 152 valence electrons. The third kappa shape index (κ3) is 8.69. The van der Waals surface area contributed by atoms with Gasteiger partial charge in [-0.1, -0.05) is 48.5 Å². The maximum absolute atomic E-state index is 13.7. The van der Waals surface area contributed by atoms with E-state index in [0.717, 1.165) is 6.42 Å². The highest BCUT2D eigenvalue weighted by Crippen LogP contribution is 2.06. The molecule has 0 heterocycles. The topological polar surface area (TPSA) is 56.7 Å². The zero-order valence-corrected chi connectivity index (χ0v) is 18.7. The minimum absolute atomic E-state index is 0. The molecule has 2 N–H and O–H groups in total. The molecule has 0 bridgehead atoms. The maximum atomic E-state index is 13.7. The lowest BCUT2D eigenvalue weighted by atomic mass is 10.1. The highest BCUT2D eigenvalue weighted by molar-refractivity contribution is 14.0. The van der Waals surface area contributed by atoms with Crippen molar-refractivity contribution < 1.29 is 9.18 Å². The van der Waals surface area contributed by atoms with Crippen LogP contribution in [0.25, 0.3) is 0 Å². The third-order valence-electron chi connectivity index (χ3n) is 4.06. The summed E-state index contributed by atoms with van der Waals surface area (Å²) in [6.07, 6.45) is 1.38. The van der Waals surface area contributed by atoms with Crippen molar-refractivity contribution in [2.24, 2.45) is 4.99 Å². The van der Waals surface area contributed by atoms with Crippen molar-refractivity contribution in [2.45, 2.75) is 12.8 Å². The van der Waals surface area contributed by atoms with Crippen LogP contribution < -0.4 is 10.6 Å². The molecule has 0 aliphatic carbocycles. The van der Waals surface area contributed by atoms with Gasteiger partial charge in [0.05, 0.1) is 0 Å². The Morgan fingerprint density at radius 1 is 0.964 bits per heavy atom. The predicted octanol–water partition coefficient (Wildman–Crippen LogP) is 2.85. The van der Waals surface area contributed by atoms with Crippen LogP contribution in [0.1, 0.15) is 11.1 Å². The zero-order chi connectivity index (χ0) is 19.5. The van der Waals surface area contributed by atoms with E-state index in [9.17, 15) is 9.18 Å². The van der Waals surface area contributed by atoms with E-state index in [1.165, 1.54) is 16.5 Å². The summed E-state index contributed by atoms with van der Waals surface area (Å²) < 4.78 is 13.7. The molecule has 2 aromatic rings. The summed E-state index contributed by atoms with van der Waals surface area (Å²) in [5.41, 5.74) is 1.87. The Morgan fingerprint density at radius 3 is 2.21 bits per heavy atom. The molecular formula is C21H28FIN4O. The van der Waals surface area contributed by atoms with Crippen LogP contribution in [-0.4, -0.2) is 50.5 Å². The molecule has 0 saturated carbocycles. The number of nitrogens with zero attached hydrogens (tertiary/aromatic N) is 2. The van der Waals surface area contributed by atoms with Crippen LogP contribution in [0, 0.1) is 5.82 Å². The van der Waals surface area contributed by atoms with Crippen molar-refractivity contribution in [3.8, 4) is 0 Å². The average Bonchev–Trinajstić information content (AvgIpc) is 2.67. The lowest BCUT2D eigenvalue weighted by molar-refractivity contribution is -0.127. The third-order valence-corrected chi connectivity index (χ3v) is 4.06. The molecule has 2 aromatic carbocycles. The van der Waals surface area contributed by atoms with Gasteiger partial charge in [-0.3, -0.25) is 4.79 Å². The highest BCUT2D eigenvalue weighted by Gasteiger charge is 2.06. The SMILES string of the molecule is CN(C)C(=O)CN=C(NCCc1ccccc1)NCCc1ccccc1F.I. The van der Waals surface area contributed by atoms with Crippen LogP contribution in [-0.2, 0) is 17.6 Å². The van der Waals surface area contributed by atoms with E-state index in [1.807, 2.05) is 24.3 Å². The molecule has 0 atom stereocenters. The van der Waals surface area contributed by atoms with E-state index in [4.69, 9.17) is 0 Å². The monoisotopic (exact) mass is 498 g/mol. The van der Waals surface area contributed by atoms with Gasteiger partial charge in [0.25, 0.3) is 0 Å². The average molecular weight is 498 g/mol. The van der Waals surface area contributed by atoms with Gasteiger partial charge in [-0.2, -0.15) is 0 Å². The molecule has 0 unspecified atom stereocenters. The predicted molar refractivity (Wildman–Crippen MR) is 123 cm³/mol. The molecule has 2 rings (SSSR count). The van der Waals surface area contributed by atoms with Crippen molar-refractivity contribution in [3.63, 3.8) is 0 Å². The standard InChI is InChI=1S/C21H27FN4O.HI/c1-26(2)20(27)16-25-21(23-14-12-17-8-4-3-5-9-17)24-15-13-18-10-6-7-11-19(18)22;/h3-11H,12-16H2,1-2H3,(H2,23,24,25);1H. The normalized spacial score (nSPS) is 10.8. The molecular weight excluding hydrogens is 470 g/mol. The number of carbonyl (C=O) groups is 1. The van der Waals surface area contributed by atoms with Crippen molar-refractivity contribution in [1.82, 2.24) is 15.5 Å². The first-order valence-electron chi connectivity index (χ1n) is 9.06. The Morgan fingerprint density at radius 2 is 1.57 bits per heavy atom. The second-order valence-electron chi connectivity index (χ2n) is 6.38. The molecule has 1 amide bonds. The van der Waals surface area contributed by atoms with Crippen LogP contribution in [0.2, 0.25) is 0 Å². The number of nitrogens with one attached hydrogen (secondary N) is 2. The van der Waals surface area contributed by atoms with Gasteiger partial charge in [-0.15, -0.1) is 24.0 Å². The molecule has 28 heavy (non-hydrogen) atoms. The molecule has 7 heteroatoms. The quantitative estimate of drug-likeness (QED) is 0.335. The minimum Gasteiger partial charge on any atom is -0.356 e. The van der Waals surface area contributed by atoms with E-state index in [2.05, 4.69) is 27.8 Å². The van der Waals surface area contributed by atoms with Gasteiger partial charge in [-0.25, -0.2) is 9.38 Å². The number of likely N-dealkylation sites (N-methyl/N-ethyl adjacent to an activating group) is 1. The number of rotatable bonds is 8. The Hall–Kier alpha value is -2.16. The minimum atomic E-state index is -0.211. The lowest BCUT2D eigenvalue weighted by Crippen LogP contribution is -2.40. The van der Waals surface area contributed by atoms with Crippen LogP contribution in [0.3, 0.4) is 0 Å². The summed E-state index contributed by atoms with van der Waals surface area (Å²) in [6.45, 7) is 1.27. The van der Waals surface area contributed by atoms with E-state index in [1.54, 1.807) is 26.2 Å². The Balaban J connectivity index is 0.00000392. The molecule has 0 spiro atoms. The summed E-state index contributed by atoms with van der Waals surface area (Å²) in [7, 11) is 3.40. The fraction of sp³-hybridized carbons (Fsp3) is 0.333. The Labute approximate surface area is 183 Å². The summed E-state index contributed by atoms with van der Waals surface area (Å²) in [6, 6.07) is 16.9. The van der Waals surface area contributed by atoms with E-state index in [-0.39, 0.29) is 42.2 Å². The number of hydrogen-bond donors (Lipinski definition) is 2. The van der Waals surface area contributed by atoms with Gasteiger partial charge in [-0.05, 0) is 30.0 Å². The highest BCUT2D eigenvalue weighted by atomic mass is 127. The smallest absolute Gasteiger partial charge is 0.243 e. The first-order valence-corrected chi connectivity index (χ1v) is 9.06. The number of guanidine groups is 1. The number of carbonyl (C=O) groups excluding carboxylic acids is 1. The lowest BCUT2D eigenvalue weighted by Gasteiger charge is -2.14. The molecule has 0 fully saturated rings. The number of halogens is 2. The molecule has 0 saturated heterocycles. The van der Waals surface area contributed by atoms with Crippen molar-refractivity contribution in [3.05, 3.63) is 71.5 Å². The van der Waals surface area contributed by atoms with Crippen molar-refractivity contribution in [2.75, 3.05) is 33.7 Å². The largest absolute Gasteiger partial charge is 0.356 e. The van der Waals surface area contributed by atoms with Gasteiger partial charge in [0.1, 0.15) is 12.4 Å². The number of hydrogen-bond acceptors (Lipinski definition) is 2. The Kier molecular flexibility index (Phi) is 11.2. The van der Waals surface area contributed by atoms with Crippen LogP contribution in [0.15, 0.2) is 59.6 Å². The number of amides is 1. The van der Waals surface area contributed by atoms with Gasteiger partial charge in [0, 0.05) is 27.2 Å². The van der Waals surface area contributed by atoms with Gasteiger partial charge in [0.2, 0.25) is 5.91 Å². The fourth-order valence-corrected chi connectivity index (χ4v) is 2.45. The zero-order valence-electron chi connectivity index (χ0n) is 16.3. The summed E-state index contributed by atoms with van der Waals surface area (Å²) in [5.74, 6) is 0.267. The Bertz CT molecular complexity index is 753. The first-order chi connectivity index (χ1) is 13.1. The number of benzene rings is 2. The molecule has 0 radical (unpaired) electrons. The molecule has 0 aliphatic rings. The molecule has 5 nitrogen and oxygen atoms in total. The summed E-state index contributed by atoms with van der Waals surface area (Å²) >= 11 is 0. The van der Waals surface area contributed by atoms with Crippen LogP contribution in [0.5, 0.6) is 0 Å². The van der Waals surface area contributed by atoms with Crippen molar-refractivity contribution >= 4 is 35.8 Å². The van der Waals surface area contributed by atoms with Crippen LogP contribution >= 0.6 is 24.0 Å². The van der Waals surface area contributed by atoms with Crippen molar-refractivity contribution in [1.29, 1.82) is 0 Å². The van der Waals surface area contributed by atoms with E-state index < -0.39 is 0 Å². The summed E-state index contributed by atoms with van der Waals surface area (Å²) in [5, 5.41) is 6.42. The van der Waals surface area contributed by atoms with Gasteiger partial charge >= 0.3 is 0 Å². The first kappa shape index (κ1) is 23.9. The second kappa shape index (κ2) is 13.1. The van der Waals surface area contributed by atoms with E-state index in [0.29, 0.717) is 31.0 Å². The molecule has 0 aliphatic heterocycles. The maximum Gasteiger partial charge on any atom is 0.243 e. The van der Waals surface area contributed by atoms with Gasteiger partial charge in [0.15, 0.2) is 5.96 Å². The van der Waals surface area contributed by atoms with Crippen LogP contribution in [0.4, 0.5) is 4.39 Å². The fourth-order valence-electron chi connectivity index (χ4n) is 2.45. The number of aliphatic imine (C=N–C) groups is 1. The van der Waals surface area contributed by atoms with Gasteiger partial charge < -0.3 is 15.5 Å². The molecule has 0 aromatic heterocycles. The second-order valence-corrected chi connectivity index (χ2v) is 6.38. The summed E-state index contributed by atoms with van der Waals surface area (Å²) in [4.78, 5) is 17.6.